The first-order valence-corrected chi connectivity index (χ1v) is 8.56. The molecule has 2 aromatic carbocycles. The third kappa shape index (κ3) is 5.19. The number of hydrogen-bond donors (Lipinski definition) is 0. The first-order valence-electron chi connectivity index (χ1n) is 8.56. The highest BCUT2D eigenvalue weighted by atomic mass is 16.5. The van der Waals surface area contributed by atoms with Crippen LogP contribution in [0.25, 0.3) is 6.08 Å². The Morgan fingerprint density at radius 1 is 1.24 bits per heavy atom. The summed E-state index contributed by atoms with van der Waals surface area (Å²) in [6, 6.07) is 17.8. The van der Waals surface area contributed by atoms with Crippen molar-refractivity contribution in [3.63, 3.8) is 0 Å². The molecule has 25 heavy (non-hydrogen) atoms. The van der Waals surface area contributed by atoms with Gasteiger partial charge in [0.1, 0.15) is 12.4 Å². The van der Waals surface area contributed by atoms with Crippen molar-refractivity contribution in [2.75, 3.05) is 19.7 Å². The molecule has 0 N–H and O–H groups in total. The Bertz CT molecular complexity index is 727. The third-order valence-electron chi connectivity index (χ3n) is 4.08. The van der Waals surface area contributed by atoms with Gasteiger partial charge in [0, 0.05) is 19.2 Å². The van der Waals surface area contributed by atoms with Crippen LogP contribution in [0.4, 0.5) is 0 Å². The molecule has 1 amide bonds. The van der Waals surface area contributed by atoms with Crippen LogP contribution in [0.5, 0.6) is 5.75 Å². The fourth-order valence-electron chi connectivity index (χ4n) is 2.74. The van der Waals surface area contributed by atoms with Crippen LogP contribution in [0.15, 0.2) is 60.7 Å². The molecule has 1 fully saturated rings. The first kappa shape index (κ1) is 17.2. The summed E-state index contributed by atoms with van der Waals surface area (Å²) >= 11 is 0. The number of benzene rings is 2. The minimum Gasteiger partial charge on any atom is -0.489 e. The monoisotopic (exact) mass is 337 g/mol. The van der Waals surface area contributed by atoms with E-state index in [-0.39, 0.29) is 12.0 Å². The van der Waals surface area contributed by atoms with E-state index in [0.717, 1.165) is 16.9 Å². The second-order valence-corrected chi connectivity index (χ2v) is 6.15. The number of rotatable bonds is 5. The second-order valence-electron chi connectivity index (χ2n) is 6.15. The normalized spacial score (nSPS) is 17.6. The van der Waals surface area contributed by atoms with Gasteiger partial charge in [-0.15, -0.1) is 0 Å². The van der Waals surface area contributed by atoms with Gasteiger partial charge < -0.3 is 14.4 Å². The fourth-order valence-corrected chi connectivity index (χ4v) is 2.74. The molecule has 1 aliphatic rings. The minimum absolute atomic E-state index is 0.0192. The Labute approximate surface area is 148 Å². The van der Waals surface area contributed by atoms with Crippen LogP contribution in [-0.2, 0) is 16.1 Å². The zero-order valence-electron chi connectivity index (χ0n) is 14.4. The van der Waals surface area contributed by atoms with Crippen molar-refractivity contribution < 1.29 is 14.3 Å². The van der Waals surface area contributed by atoms with Crippen molar-refractivity contribution >= 4 is 12.0 Å². The lowest BCUT2D eigenvalue weighted by atomic mass is 10.2. The van der Waals surface area contributed by atoms with Crippen LogP contribution in [0, 0.1) is 0 Å². The van der Waals surface area contributed by atoms with Gasteiger partial charge in [-0.2, -0.15) is 0 Å². The summed E-state index contributed by atoms with van der Waals surface area (Å²) in [5, 5.41) is 0. The number of hydrogen-bond acceptors (Lipinski definition) is 3. The predicted octanol–water partition coefficient (Wildman–Crippen LogP) is 3.53. The molecule has 0 spiro atoms. The maximum atomic E-state index is 12.3. The number of nitrogens with zero attached hydrogens (tertiary/aromatic N) is 1. The molecule has 4 heteroatoms. The number of carbonyl (C=O) groups is 1. The predicted molar refractivity (Wildman–Crippen MR) is 98.2 cm³/mol. The van der Waals surface area contributed by atoms with E-state index in [4.69, 9.17) is 9.47 Å². The van der Waals surface area contributed by atoms with Gasteiger partial charge in [-0.25, -0.2) is 0 Å². The highest BCUT2D eigenvalue weighted by Crippen LogP contribution is 2.16. The van der Waals surface area contributed by atoms with Crippen LogP contribution in [-0.4, -0.2) is 36.6 Å². The van der Waals surface area contributed by atoms with Crippen molar-refractivity contribution in [1.29, 1.82) is 0 Å². The molecule has 0 saturated carbocycles. The minimum atomic E-state index is 0.0192. The van der Waals surface area contributed by atoms with Crippen LogP contribution >= 0.6 is 0 Å². The molecule has 1 atom stereocenters. The van der Waals surface area contributed by atoms with Gasteiger partial charge in [0.15, 0.2) is 0 Å². The molecule has 3 rings (SSSR count). The molecule has 0 aromatic heterocycles. The van der Waals surface area contributed by atoms with Gasteiger partial charge >= 0.3 is 0 Å². The molecular weight excluding hydrogens is 314 g/mol. The number of amides is 1. The van der Waals surface area contributed by atoms with Gasteiger partial charge in [-0.05, 0) is 36.3 Å². The fraction of sp³-hybridized carbons (Fsp3) is 0.286. The van der Waals surface area contributed by atoms with Gasteiger partial charge in [0.05, 0.1) is 12.7 Å². The number of morpholine rings is 1. The van der Waals surface area contributed by atoms with Crippen LogP contribution < -0.4 is 4.74 Å². The zero-order valence-corrected chi connectivity index (χ0v) is 14.4. The van der Waals surface area contributed by atoms with Gasteiger partial charge in [-0.1, -0.05) is 42.5 Å². The summed E-state index contributed by atoms with van der Waals surface area (Å²) in [7, 11) is 0. The molecule has 1 aliphatic heterocycles. The molecule has 2 aromatic rings. The molecule has 1 unspecified atom stereocenters. The van der Waals surface area contributed by atoms with Crippen molar-refractivity contribution in [3.8, 4) is 5.75 Å². The Morgan fingerprint density at radius 2 is 2.08 bits per heavy atom. The molecule has 130 valence electrons. The van der Waals surface area contributed by atoms with E-state index in [9.17, 15) is 4.79 Å². The van der Waals surface area contributed by atoms with Crippen molar-refractivity contribution in [2.45, 2.75) is 19.6 Å². The maximum absolute atomic E-state index is 12.3. The van der Waals surface area contributed by atoms with E-state index in [1.165, 1.54) is 0 Å². The molecular formula is C21H23NO3. The maximum Gasteiger partial charge on any atom is 0.246 e. The number of carbonyl (C=O) groups excluding carboxylic acids is 1. The molecule has 1 saturated heterocycles. The smallest absolute Gasteiger partial charge is 0.246 e. The van der Waals surface area contributed by atoms with Gasteiger partial charge in [0.25, 0.3) is 0 Å². The van der Waals surface area contributed by atoms with E-state index in [0.29, 0.717) is 26.3 Å². The average Bonchev–Trinajstić information content (AvgIpc) is 2.66. The topological polar surface area (TPSA) is 38.8 Å². The summed E-state index contributed by atoms with van der Waals surface area (Å²) < 4.78 is 11.3. The Balaban J connectivity index is 1.58. The zero-order chi connectivity index (χ0) is 17.5. The van der Waals surface area contributed by atoms with Crippen LogP contribution in [0.3, 0.4) is 0 Å². The summed E-state index contributed by atoms with van der Waals surface area (Å²) in [5.41, 5.74) is 2.07. The van der Waals surface area contributed by atoms with E-state index < -0.39 is 0 Å². The lowest BCUT2D eigenvalue weighted by Crippen LogP contribution is -2.43. The Kier molecular flexibility index (Phi) is 5.86. The highest BCUT2D eigenvalue weighted by Gasteiger charge is 2.19. The standard InChI is InChI=1S/C21H23NO3/c1-17-15-22(12-13-24-17)21(23)11-10-18-8-5-9-20(14-18)25-16-19-6-3-2-4-7-19/h2-11,14,17H,12-13,15-16H2,1H3/b11-10+. The van der Waals surface area contributed by atoms with Crippen LogP contribution in [0.1, 0.15) is 18.1 Å². The quantitative estimate of drug-likeness (QED) is 0.784. The van der Waals surface area contributed by atoms with E-state index in [1.807, 2.05) is 72.5 Å². The van der Waals surface area contributed by atoms with Crippen LogP contribution in [0.2, 0.25) is 0 Å². The lowest BCUT2D eigenvalue weighted by Gasteiger charge is -2.30. The molecule has 0 bridgehead atoms. The molecule has 4 nitrogen and oxygen atoms in total. The summed E-state index contributed by atoms with van der Waals surface area (Å²) in [6.07, 6.45) is 3.55. The van der Waals surface area contributed by atoms with Crippen molar-refractivity contribution in [1.82, 2.24) is 4.90 Å². The third-order valence-corrected chi connectivity index (χ3v) is 4.08. The Morgan fingerprint density at radius 3 is 2.88 bits per heavy atom. The number of ether oxygens (including phenoxy) is 2. The molecule has 0 aliphatic carbocycles. The van der Waals surface area contributed by atoms with Crippen molar-refractivity contribution in [2.24, 2.45) is 0 Å². The highest BCUT2D eigenvalue weighted by molar-refractivity contribution is 5.91. The van der Waals surface area contributed by atoms with Gasteiger partial charge in [0.2, 0.25) is 5.91 Å². The largest absolute Gasteiger partial charge is 0.489 e. The van der Waals surface area contributed by atoms with Crippen molar-refractivity contribution in [3.05, 3.63) is 71.8 Å². The summed E-state index contributed by atoms with van der Waals surface area (Å²) in [5.74, 6) is 0.809. The first-order chi connectivity index (χ1) is 12.2. The lowest BCUT2D eigenvalue weighted by molar-refractivity contribution is -0.132. The average molecular weight is 337 g/mol. The van der Waals surface area contributed by atoms with E-state index >= 15 is 0 Å². The van der Waals surface area contributed by atoms with E-state index in [1.54, 1.807) is 6.08 Å². The molecule has 0 radical (unpaired) electrons. The second kappa shape index (κ2) is 8.49. The Hall–Kier alpha value is -2.59. The summed E-state index contributed by atoms with van der Waals surface area (Å²) in [6.45, 7) is 4.40. The summed E-state index contributed by atoms with van der Waals surface area (Å²) in [4.78, 5) is 14.1. The van der Waals surface area contributed by atoms with Gasteiger partial charge in [-0.3, -0.25) is 4.79 Å². The van der Waals surface area contributed by atoms with E-state index in [2.05, 4.69) is 0 Å². The SMILES string of the molecule is CC1CN(C(=O)/C=C/c2cccc(OCc3ccccc3)c2)CCO1. The molecule has 1 heterocycles.